The molecule has 0 amide bonds. The van der Waals surface area contributed by atoms with Crippen molar-refractivity contribution in [2.45, 2.75) is 0 Å². The van der Waals surface area contributed by atoms with Crippen molar-refractivity contribution < 1.29 is 4.39 Å². The molecule has 2 rings (SSSR count). The van der Waals surface area contributed by atoms with Crippen molar-refractivity contribution in [1.29, 1.82) is 5.26 Å². The number of halogens is 1. The molecule has 1 aromatic carbocycles. The lowest BCUT2D eigenvalue weighted by molar-refractivity contribution is 0.628. The molecule has 0 aliphatic rings. The highest BCUT2D eigenvalue weighted by Gasteiger charge is 2.12. The largest absolute Gasteiger partial charge is 0.381 e. The predicted molar refractivity (Wildman–Crippen MR) is 53.1 cm³/mol. The van der Waals surface area contributed by atoms with Crippen LogP contribution in [-0.4, -0.2) is 10.2 Å². The molecule has 0 aliphatic carbocycles. The third kappa shape index (κ3) is 1.53. The zero-order valence-corrected chi connectivity index (χ0v) is 7.66. The Kier molecular flexibility index (Phi) is 2.10. The van der Waals surface area contributed by atoms with Gasteiger partial charge < -0.3 is 5.73 Å². The summed E-state index contributed by atoms with van der Waals surface area (Å²) in [6.45, 7) is 0. The molecule has 1 heterocycles. The van der Waals surface area contributed by atoms with Crippen molar-refractivity contribution in [2.24, 2.45) is 0 Å². The molecule has 0 aliphatic heterocycles. The molecule has 4 nitrogen and oxygen atoms in total. The maximum Gasteiger partial charge on any atom is 0.163 e. The van der Waals surface area contributed by atoms with Crippen molar-refractivity contribution in [1.82, 2.24) is 10.2 Å². The quantitative estimate of drug-likeness (QED) is 0.738. The molecule has 74 valence electrons. The van der Waals surface area contributed by atoms with Gasteiger partial charge in [-0.25, -0.2) is 4.39 Å². The number of nitrogens with two attached hydrogens (primary N) is 1. The number of nitrogens with zero attached hydrogens (tertiary/aromatic N) is 2. The molecule has 15 heavy (non-hydrogen) atoms. The number of rotatable bonds is 1. The first-order valence-electron chi connectivity index (χ1n) is 4.22. The van der Waals surface area contributed by atoms with Gasteiger partial charge in [0.1, 0.15) is 17.4 Å². The van der Waals surface area contributed by atoms with Crippen LogP contribution in [0.4, 0.5) is 10.2 Å². The van der Waals surface area contributed by atoms with Gasteiger partial charge in [-0.1, -0.05) is 12.1 Å². The van der Waals surface area contributed by atoms with Crippen molar-refractivity contribution in [3.05, 3.63) is 35.6 Å². The first kappa shape index (κ1) is 9.21. The molecule has 0 saturated carbocycles. The van der Waals surface area contributed by atoms with E-state index in [1.165, 1.54) is 12.1 Å². The number of nitriles is 1. The maximum atomic E-state index is 12.9. The van der Waals surface area contributed by atoms with Gasteiger partial charge in [0, 0.05) is 5.56 Å². The Hall–Kier alpha value is -2.35. The van der Waals surface area contributed by atoms with E-state index in [0.29, 0.717) is 11.3 Å². The average molecular weight is 202 g/mol. The first-order chi connectivity index (χ1) is 7.22. The zero-order valence-electron chi connectivity index (χ0n) is 7.66. The molecule has 0 atom stereocenters. The van der Waals surface area contributed by atoms with Crippen molar-refractivity contribution in [2.75, 3.05) is 5.73 Å². The van der Waals surface area contributed by atoms with Gasteiger partial charge in [-0.05, 0) is 12.1 Å². The molecule has 0 fully saturated rings. The summed E-state index contributed by atoms with van der Waals surface area (Å²) in [5.41, 5.74) is 6.70. The molecule has 5 heteroatoms. The fourth-order valence-electron chi connectivity index (χ4n) is 1.32. The van der Waals surface area contributed by atoms with Gasteiger partial charge in [-0.3, -0.25) is 5.10 Å². The summed E-state index contributed by atoms with van der Waals surface area (Å²) in [5, 5.41) is 15.1. The number of nitrogens with one attached hydrogen (secondary N) is 1. The Bertz CT molecular complexity index is 539. The van der Waals surface area contributed by atoms with E-state index >= 15 is 0 Å². The van der Waals surface area contributed by atoms with E-state index in [-0.39, 0.29) is 17.2 Å². The van der Waals surface area contributed by atoms with Gasteiger partial charge in [0.25, 0.3) is 0 Å². The van der Waals surface area contributed by atoms with E-state index in [4.69, 9.17) is 11.0 Å². The second-order valence-corrected chi connectivity index (χ2v) is 2.98. The van der Waals surface area contributed by atoms with Crippen LogP contribution in [0.5, 0.6) is 0 Å². The lowest BCUT2D eigenvalue weighted by atomic mass is 10.1. The van der Waals surface area contributed by atoms with Crippen molar-refractivity contribution in [3.8, 4) is 17.3 Å². The molecule has 0 bridgehead atoms. The Labute approximate surface area is 85.1 Å². The number of benzene rings is 1. The molecule has 0 radical (unpaired) electrons. The zero-order chi connectivity index (χ0) is 10.8. The molecule has 0 spiro atoms. The average Bonchev–Trinajstić information content (AvgIpc) is 2.59. The van der Waals surface area contributed by atoms with Crippen LogP contribution in [0, 0.1) is 17.1 Å². The smallest absolute Gasteiger partial charge is 0.163 e. The number of nitrogen functional groups attached to an aromatic ring is 1. The summed E-state index contributed by atoms with van der Waals surface area (Å²) >= 11 is 0. The summed E-state index contributed by atoms with van der Waals surface area (Å²) in [7, 11) is 0. The Morgan fingerprint density at radius 3 is 2.93 bits per heavy atom. The van der Waals surface area contributed by atoms with Crippen LogP contribution in [0.2, 0.25) is 0 Å². The Balaban J connectivity index is 2.60. The van der Waals surface area contributed by atoms with Gasteiger partial charge in [-0.2, -0.15) is 10.4 Å². The van der Waals surface area contributed by atoms with E-state index < -0.39 is 0 Å². The third-order valence-corrected chi connectivity index (χ3v) is 2.02. The van der Waals surface area contributed by atoms with E-state index in [0.717, 1.165) is 0 Å². The van der Waals surface area contributed by atoms with Crippen LogP contribution in [0.3, 0.4) is 0 Å². The van der Waals surface area contributed by atoms with E-state index in [1.807, 2.05) is 6.07 Å². The second-order valence-electron chi connectivity index (χ2n) is 2.98. The standard InChI is InChI=1S/C10H7FN4/c11-7-3-1-2-6(4-7)9-8(5-12)10(13)15-14-9/h1-4H,(H3,13,14,15). The highest BCUT2D eigenvalue weighted by molar-refractivity contribution is 5.71. The summed E-state index contributed by atoms with van der Waals surface area (Å²) < 4.78 is 12.9. The Morgan fingerprint density at radius 1 is 1.47 bits per heavy atom. The third-order valence-electron chi connectivity index (χ3n) is 2.02. The van der Waals surface area contributed by atoms with Crippen molar-refractivity contribution >= 4 is 5.82 Å². The highest BCUT2D eigenvalue weighted by atomic mass is 19.1. The van der Waals surface area contributed by atoms with Gasteiger partial charge >= 0.3 is 0 Å². The number of aromatic amines is 1. The summed E-state index contributed by atoms with van der Waals surface area (Å²) in [6, 6.07) is 7.80. The van der Waals surface area contributed by atoms with E-state index in [2.05, 4.69) is 10.2 Å². The highest BCUT2D eigenvalue weighted by Crippen LogP contribution is 2.24. The minimum Gasteiger partial charge on any atom is -0.381 e. The fourth-order valence-corrected chi connectivity index (χ4v) is 1.32. The second kappa shape index (κ2) is 3.42. The molecule has 3 N–H and O–H groups in total. The van der Waals surface area contributed by atoms with Crippen LogP contribution in [-0.2, 0) is 0 Å². The number of hydrogen-bond donors (Lipinski definition) is 2. The van der Waals surface area contributed by atoms with Gasteiger partial charge in [0.05, 0.1) is 5.69 Å². The summed E-state index contributed by atoms with van der Waals surface area (Å²) in [5.74, 6) is -0.249. The van der Waals surface area contributed by atoms with Gasteiger partial charge in [0.2, 0.25) is 0 Å². The maximum absolute atomic E-state index is 12.9. The minimum atomic E-state index is -0.371. The molecule has 2 aromatic rings. The minimum absolute atomic E-state index is 0.122. The fraction of sp³-hybridized carbons (Fsp3) is 0. The molecule has 0 unspecified atom stereocenters. The van der Waals surface area contributed by atoms with Crippen LogP contribution >= 0.6 is 0 Å². The molecular formula is C10H7FN4. The lowest BCUT2D eigenvalue weighted by Gasteiger charge is -1.97. The number of aromatic nitrogens is 2. The van der Waals surface area contributed by atoms with Crippen LogP contribution in [0.15, 0.2) is 24.3 Å². The number of anilines is 1. The first-order valence-corrected chi connectivity index (χ1v) is 4.22. The molecule has 1 aromatic heterocycles. The van der Waals surface area contributed by atoms with E-state index in [9.17, 15) is 4.39 Å². The molecule has 0 saturated heterocycles. The predicted octanol–water partition coefficient (Wildman–Crippen LogP) is 1.67. The Morgan fingerprint density at radius 2 is 2.27 bits per heavy atom. The van der Waals surface area contributed by atoms with Gasteiger partial charge in [0.15, 0.2) is 5.82 Å². The number of H-pyrrole nitrogens is 1. The van der Waals surface area contributed by atoms with Crippen LogP contribution in [0.1, 0.15) is 5.56 Å². The topological polar surface area (TPSA) is 78.5 Å². The molecular weight excluding hydrogens is 195 g/mol. The van der Waals surface area contributed by atoms with Gasteiger partial charge in [-0.15, -0.1) is 0 Å². The van der Waals surface area contributed by atoms with Crippen LogP contribution in [0.25, 0.3) is 11.3 Å². The normalized spacial score (nSPS) is 9.87. The van der Waals surface area contributed by atoms with Crippen molar-refractivity contribution in [3.63, 3.8) is 0 Å². The van der Waals surface area contributed by atoms with E-state index in [1.54, 1.807) is 12.1 Å². The number of hydrogen-bond acceptors (Lipinski definition) is 3. The van der Waals surface area contributed by atoms with Crippen LogP contribution < -0.4 is 5.73 Å². The lowest BCUT2D eigenvalue weighted by Crippen LogP contribution is -1.88. The monoisotopic (exact) mass is 202 g/mol. The summed E-state index contributed by atoms with van der Waals surface area (Å²) in [6.07, 6.45) is 0. The SMILES string of the molecule is N#Cc1c(N)n[nH]c1-c1cccc(F)c1. The summed E-state index contributed by atoms with van der Waals surface area (Å²) in [4.78, 5) is 0.